The summed E-state index contributed by atoms with van der Waals surface area (Å²) in [6.45, 7) is 1.27. The Morgan fingerprint density at radius 3 is 2.55 bits per heavy atom. The van der Waals surface area contributed by atoms with Crippen molar-refractivity contribution in [2.75, 3.05) is 13.7 Å². The fourth-order valence-electron chi connectivity index (χ4n) is 2.94. The number of halogens is 1. The SMILES string of the molecule is COc1ccc(Br)nc1CNCC(O)(C1CC1)C1CC1. The maximum atomic E-state index is 10.8. The summed E-state index contributed by atoms with van der Waals surface area (Å²) in [5, 5.41) is 14.2. The number of nitrogens with zero attached hydrogens (tertiary/aromatic N) is 1. The Balaban J connectivity index is 1.60. The highest BCUT2D eigenvalue weighted by Gasteiger charge is 2.52. The second kappa shape index (κ2) is 5.62. The number of hydrogen-bond donors (Lipinski definition) is 2. The Morgan fingerprint density at radius 2 is 2.00 bits per heavy atom. The van der Waals surface area contributed by atoms with Crippen LogP contribution in [-0.4, -0.2) is 29.3 Å². The highest BCUT2D eigenvalue weighted by molar-refractivity contribution is 9.10. The van der Waals surface area contributed by atoms with E-state index in [0.29, 0.717) is 24.9 Å². The summed E-state index contributed by atoms with van der Waals surface area (Å²) in [6.07, 6.45) is 4.69. The van der Waals surface area contributed by atoms with Gasteiger partial charge < -0.3 is 15.2 Å². The number of nitrogens with one attached hydrogen (secondary N) is 1. The molecular weight excluding hydrogens is 320 g/mol. The normalized spacial score (nSPS) is 19.1. The maximum absolute atomic E-state index is 10.8. The molecule has 0 radical (unpaired) electrons. The first kappa shape index (κ1) is 14.3. The molecule has 0 aliphatic heterocycles. The standard InChI is InChI=1S/C15H21BrN2O2/c1-20-13-6-7-14(16)18-12(13)8-17-9-15(19,10-2-3-10)11-4-5-11/h6-7,10-11,17,19H,2-5,8-9H2,1H3. The van der Waals surface area contributed by atoms with Crippen LogP contribution in [0.2, 0.25) is 0 Å². The predicted molar refractivity (Wildman–Crippen MR) is 80.6 cm³/mol. The number of aromatic nitrogens is 1. The second-order valence-corrected chi connectivity index (χ2v) is 6.74. The summed E-state index contributed by atoms with van der Waals surface area (Å²) in [5.41, 5.74) is 0.370. The average molecular weight is 341 g/mol. The monoisotopic (exact) mass is 340 g/mol. The molecule has 5 heteroatoms. The molecule has 110 valence electrons. The van der Waals surface area contributed by atoms with Crippen LogP contribution in [0.3, 0.4) is 0 Å². The lowest BCUT2D eigenvalue weighted by Gasteiger charge is -2.28. The molecule has 2 aliphatic rings. The molecule has 1 aromatic heterocycles. The molecule has 1 aromatic rings. The van der Waals surface area contributed by atoms with Crippen molar-refractivity contribution in [1.29, 1.82) is 0 Å². The maximum Gasteiger partial charge on any atom is 0.141 e. The van der Waals surface area contributed by atoms with Crippen LogP contribution in [0.25, 0.3) is 0 Å². The topological polar surface area (TPSA) is 54.4 Å². The molecule has 0 atom stereocenters. The van der Waals surface area contributed by atoms with Crippen molar-refractivity contribution in [2.24, 2.45) is 11.8 Å². The minimum Gasteiger partial charge on any atom is -0.495 e. The third-order valence-corrected chi connectivity index (χ3v) is 4.83. The molecule has 0 spiro atoms. The van der Waals surface area contributed by atoms with E-state index in [9.17, 15) is 5.11 Å². The lowest BCUT2D eigenvalue weighted by Crippen LogP contribution is -2.44. The third-order valence-electron chi connectivity index (χ3n) is 4.39. The molecule has 0 aromatic carbocycles. The molecule has 1 heterocycles. The van der Waals surface area contributed by atoms with E-state index in [1.165, 1.54) is 25.7 Å². The Morgan fingerprint density at radius 1 is 1.35 bits per heavy atom. The van der Waals surface area contributed by atoms with Crippen LogP contribution < -0.4 is 10.1 Å². The highest BCUT2D eigenvalue weighted by Crippen LogP contribution is 2.51. The summed E-state index contributed by atoms with van der Waals surface area (Å²) in [4.78, 5) is 4.43. The molecule has 20 heavy (non-hydrogen) atoms. The summed E-state index contributed by atoms with van der Waals surface area (Å²) < 4.78 is 6.12. The van der Waals surface area contributed by atoms with Gasteiger partial charge in [-0.1, -0.05) is 0 Å². The van der Waals surface area contributed by atoms with Crippen molar-refractivity contribution in [3.8, 4) is 5.75 Å². The van der Waals surface area contributed by atoms with E-state index in [2.05, 4.69) is 26.2 Å². The van der Waals surface area contributed by atoms with E-state index in [1.54, 1.807) is 7.11 Å². The van der Waals surface area contributed by atoms with Gasteiger partial charge in [-0.2, -0.15) is 0 Å². The van der Waals surface area contributed by atoms with Gasteiger partial charge in [-0.25, -0.2) is 4.98 Å². The minimum absolute atomic E-state index is 0.500. The van der Waals surface area contributed by atoms with Crippen molar-refractivity contribution in [1.82, 2.24) is 10.3 Å². The molecule has 0 saturated heterocycles. The fraction of sp³-hybridized carbons (Fsp3) is 0.667. The second-order valence-electron chi connectivity index (χ2n) is 5.93. The van der Waals surface area contributed by atoms with Crippen molar-refractivity contribution in [3.63, 3.8) is 0 Å². The zero-order valence-electron chi connectivity index (χ0n) is 11.7. The summed E-state index contributed by atoms with van der Waals surface area (Å²) in [7, 11) is 1.65. The third kappa shape index (κ3) is 3.00. The average Bonchev–Trinajstić information content (AvgIpc) is 3.31. The Kier molecular flexibility index (Phi) is 4.02. The fourth-order valence-corrected chi connectivity index (χ4v) is 3.29. The smallest absolute Gasteiger partial charge is 0.141 e. The van der Waals surface area contributed by atoms with Gasteiger partial charge >= 0.3 is 0 Å². The van der Waals surface area contributed by atoms with Gasteiger partial charge in [0.05, 0.1) is 18.4 Å². The molecule has 2 aliphatic carbocycles. The number of aliphatic hydroxyl groups is 1. The number of methoxy groups -OCH3 is 1. The van der Waals surface area contributed by atoms with Crippen molar-refractivity contribution in [2.45, 2.75) is 37.8 Å². The van der Waals surface area contributed by atoms with E-state index in [-0.39, 0.29) is 0 Å². The molecule has 0 bridgehead atoms. The van der Waals surface area contributed by atoms with Gasteiger partial charge in [0.15, 0.2) is 0 Å². The molecule has 2 N–H and O–H groups in total. The zero-order chi connectivity index (χ0) is 14.2. The van der Waals surface area contributed by atoms with Crippen LogP contribution in [0, 0.1) is 11.8 Å². The Hall–Kier alpha value is -0.650. The molecule has 0 unspecified atom stereocenters. The van der Waals surface area contributed by atoms with E-state index in [1.807, 2.05) is 12.1 Å². The van der Waals surface area contributed by atoms with Gasteiger partial charge in [-0.3, -0.25) is 0 Å². The Labute approximate surface area is 128 Å². The van der Waals surface area contributed by atoms with Crippen LogP contribution in [0.15, 0.2) is 16.7 Å². The van der Waals surface area contributed by atoms with Crippen LogP contribution in [0.1, 0.15) is 31.4 Å². The molecule has 0 amide bonds. The quantitative estimate of drug-likeness (QED) is 0.749. The van der Waals surface area contributed by atoms with Crippen LogP contribution in [0.4, 0.5) is 0 Å². The van der Waals surface area contributed by atoms with E-state index in [0.717, 1.165) is 16.0 Å². The molecule has 2 fully saturated rings. The van der Waals surface area contributed by atoms with Gasteiger partial charge in [-0.15, -0.1) is 0 Å². The predicted octanol–water partition coefficient (Wildman–Crippen LogP) is 2.49. The Bertz CT molecular complexity index is 475. The van der Waals surface area contributed by atoms with Gasteiger partial charge in [0.1, 0.15) is 10.4 Å². The number of ether oxygens (including phenoxy) is 1. The first-order chi connectivity index (χ1) is 9.63. The van der Waals surface area contributed by atoms with Crippen molar-refractivity contribution < 1.29 is 9.84 Å². The zero-order valence-corrected chi connectivity index (χ0v) is 13.3. The van der Waals surface area contributed by atoms with Gasteiger partial charge in [0.25, 0.3) is 0 Å². The van der Waals surface area contributed by atoms with E-state index >= 15 is 0 Å². The van der Waals surface area contributed by atoms with Gasteiger partial charge in [0, 0.05) is 13.1 Å². The molecular formula is C15H21BrN2O2. The largest absolute Gasteiger partial charge is 0.495 e. The summed E-state index contributed by atoms with van der Waals surface area (Å²) in [6, 6.07) is 3.77. The summed E-state index contributed by atoms with van der Waals surface area (Å²) >= 11 is 3.38. The van der Waals surface area contributed by atoms with Crippen molar-refractivity contribution >= 4 is 15.9 Å². The number of rotatable bonds is 7. The summed E-state index contributed by atoms with van der Waals surface area (Å²) in [5.74, 6) is 1.78. The minimum atomic E-state index is -0.501. The van der Waals surface area contributed by atoms with E-state index in [4.69, 9.17) is 4.74 Å². The van der Waals surface area contributed by atoms with Crippen LogP contribution >= 0.6 is 15.9 Å². The van der Waals surface area contributed by atoms with Gasteiger partial charge in [-0.05, 0) is 65.6 Å². The lowest BCUT2D eigenvalue weighted by atomic mass is 9.91. The molecule has 3 rings (SSSR count). The first-order valence-electron chi connectivity index (χ1n) is 7.26. The number of pyridine rings is 1. The number of hydrogen-bond acceptors (Lipinski definition) is 4. The van der Waals surface area contributed by atoms with E-state index < -0.39 is 5.60 Å². The van der Waals surface area contributed by atoms with Crippen LogP contribution in [0.5, 0.6) is 5.75 Å². The van der Waals surface area contributed by atoms with Crippen molar-refractivity contribution in [3.05, 3.63) is 22.4 Å². The highest BCUT2D eigenvalue weighted by atomic mass is 79.9. The molecule has 4 nitrogen and oxygen atoms in total. The lowest BCUT2D eigenvalue weighted by molar-refractivity contribution is -0.00425. The van der Waals surface area contributed by atoms with Gasteiger partial charge in [0.2, 0.25) is 0 Å². The first-order valence-corrected chi connectivity index (χ1v) is 8.05. The molecule has 2 saturated carbocycles. The van der Waals surface area contributed by atoms with Crippen LogP contribution in [-0.2, 0) is 6.54 Å².